The Kier molecular flexibility index (Phi) is 6.52. The molecule has 8 heteroatoms. The Labute approximate surface area is 164 Å². The van der Waals surface area contributed by atoms with Crippen molar-refractivity contribution in [2.24, 2.45) is 5.92 Å². The maximum atomic E-state index is 12.6. The molecule has 0 bridgehead atoms. The number of hydrogen-bond acceptors (Lipinski definition) is 7. The topological polar surface area (TPSA) is 85.8 Å². The summed E-state index contributed by atoms with van der Waals surface area (Å²) in [7, 11) is 4.82. The van der Waals surface area contributed by atoms with Crippen LogP contribution in [0.15, 0.2) is 30.6 Å². The molecule has 1 aliphatic heterocycles. The van der Waals surface area contributed by atoms with Crippen LogP contribution in [0, 0.1) is 5.92 Å². The monoisotopic (exact) mass is 386 g/mol. The van der Waals surface area contributed by atoms with Crippen LogP contribution in [0.1, 0.15) is 18.4 Å². The number of piperidine rings is 1. The van der Waals surface area contributed by atoms with E-state index in [1.165, 1.54) is 6.33 Å². The van der Waals surface area contributed by atoms with E-state index in [1.54, 1.807) is 21.3 Å². The van der Waals surface area contributed by atoms with Crippen LogP contribution in [-0.4, -0.2) is 50.3 Å². The number of carbonyl (C=O) groups is 1. The van der Waals surface area contributed by atoms with Crippen molar-refractivity contribution < 1.29 is 19.0 Å². The highest BCUT2D eigenvalue weighted by atomic mass is 16.5. The van der Waals surface area contributed by atoms with Gasteiger partial charge in [-0.3, -0.25) is 4.79 Å². The lowest BCUT2D eigenvalue weighted by molar-refractivity contribution is -0.125. The molecule has 0 spiro atoms. The summed E-state index contributed by atoms with van der Waals surface area (Å²) in [6.45, 7) is 1.93. The number of hydrogen-bond donors (Lipinski definition) is 1. The first-order valence-corrected chi connectivity index (χ1v) is 9.24. The van der Waals surface area contributed by atoms with Gasteiger partial charge in [0.05, 0.1) is 21.3 Å². The van der Waals surface area contributed by atoms with E-state index >= 15 is 0 Å². The molecule has 0 unspecified atom stereocenters. The molecule has 150 valence electrons. The molecular formula is C20H26N4O4. The summed E-state index contributed by atoms with van der Waals surface area (Å²) >= 11 is 0. The number of amides is 1. The molecule has 1 N–H and O–H groups in total. The van der Waals surface area contributed by atoms with Gasteiger partial charge in [0.25, 0.3) is 0 Å². The number of carbonyl (C=O) groups excluding carboxylic acids is 1. The summed E-state index contributed by atoms with van der Waals surface area (Å²) < 4.78 is 15.8. The number of aromatic nitrogens is 2. The lowest BCUT2D eigenvalue weighted by Gasteiger charge is -2.32. The van der Waals surface area contributed by atoms with E-state index in [2.05, 4.69) is 20.2 Å². The fourth-order valence-corrected chi connectivity index (χ4v) is 3.33. The fraction of sp³-hybridized carbons (Fsp3) is 0.450. The number of ether oxygens (including phenoxy) is 3. The molecule has 3 rings (SSSR count). The number of rotatable bonds is 7. The lowest BCUT2D eigenvalue weighted by atomic mass is 9.96. The smallest absolute Gasteiger partial charge is 0.223 e. The van der Waals surface area contributed by atoms with Crippen LogP contribution in [0.2, 0.25) is 0 Å². The average Bonchev–Trinajstić information content (AvgIpc) is 2.77. The maximum absolute atomic E-state index is 12.6. The SMILES string of the molecule is COc1ccc(OC)c(CNC(=O)C2CCN(c3cc(OC)ncn3)CC2)c1. The third kappa shape index (κ3) is 4.62. The highest BCUT2D eigenvalue weighted by Gasteiger charge is 2.26. The van der Waals surface area contributed by atoms with Gasteiger partial charge in [-0.05, 0) is 31.0 Å². The molecule has 28 heavy (non-hydrogen) atoms. The minimum atomic E-state index is -0.0171. The Morgan fingerprint density at radius 3 is 2.57 bits per heavy atom. The first-order valence-electron chi connectivity index (χ1n) is 9.24. The van der Waals surface area contributed by atoms with Gasteiger partial charge in [0.2, 0.25) is 11.8 Å². The van der Waals surface area contributed by atoms with Gasteiger partial charge in [-0.15, -0.1) is 0 Å². The zero-order valence-corrected chi connectivity index (χ0v) is 16.5. The first kappa shape index (κ1) is 19.7. The normalized spacial score (nSPS) is 14.5. The van der Waals surface area contributed by atoms with Crippen molar-refractivity contribution in [1.82, 2.24) is 15.3 Å². The number of nitrogens with one attached hydrogen (secondary N) is 1. The molecule has 8 nitrogen and oxygen atoms in total. The molecule has 1 amide bonds. The average molecular weight is 386 g/mol. The van der Waals surface area contributed by atoms with Crippen LogP contribution >= 0.6 is 0 Å². The maximum Gasteiger partial charge on any atom is 0.223 e. The summed E-state index contributed by atoms with van der Waals surface area (Å²) in [4.78, 5) is 23.1. The molecule has 1 aliphatic rings. The molecule has 0 saturated carbocycles. The third-order valence-corrected chi connectivity index (χ3v) is 4.97. The van der Waals surface area contributed by atoms with E-state index in [4.69, 9.17) is 14.2 Å². The van der Waals surface area contributed by atoms with Crippen molar-refractivity contribution in [3.05, 3.63) is 36.2 Å². The van der Waals surface area contributed by atoms with Gasteiger partial charge in [0.15, 0.2) is 0 Å². The Morgan fingerprint density at radius 2 is 1.89 bits per heavy atom. The molecule has 1 fully saturated rings. The van der Waals surface area contributed by atoms with E-state index in [1.807, 2.05) is 24.3 Å². The van der Waals surface area contributed by atoms with E-state index in [-0.39, 0.29) is 11.8 Å². The summed E-state index contributed by atoms with van der Waals surface area (Å²) in [5, 5.41) is 3.03. The van der Waals surface area contributed by atoms with Crippen LogP contribution in [0.4, 0.5) is 5.82 Å². The molecule has 0 aliphatic carbocycles. The van der Waals surface area contributed by atoms with Crippen molar-refractivity contribution in [3.63, 3.8) is 0 Å². The fourth-order valence-electron chi connectivity index (χ4n) is 3.33. The van der Waals surface area contributed by atoms with Gasteiger partial charge >= 0.3 is 0 Å². The van der Waals surface area contributed by atoms with E-state index in [0.717, 1.165) is 48.8 Å². The molecule has 2 aromatic rings. The zero-order valence-electron chi connectivity index (χ0n) is 16.5. The van der Waals surface area contributed by atoms with Gasteiger partial charge in [0.1, 0.15) is 23.6 Å². The van der Waals surface area contributed by atoms with E-state index in [9.17, 15) is 4.79 Å². The first-order chi connectivity index (χ1) is 13.6. The predicted octanol–water partition coefficient (Wildman–Crippen LogP) is 2.04. The van der Waals surface area contributed by atoms with Crippen LogP contribution in [-0.2, 0) is 11.3 Å². The summed E-state index contributed by atoms with van der Waals surface area (Å²) in [5.41, 5.74) is 0.890. The van der Waals surface area contributed by atoms with Crippen molar-refractivity contribution in [1.29, 1.82) is 0 Å². The second-order valence-electron chi connectivity index (χ2n) is 6.58. The molecule has 1 aromatic heterocycles. The Balaban J connectivity index is 1.54. The lowest BCUT2D eigenvalue weighted by Crippen LogP contribution is -2.40. The van der Waals surface area contributed by atoms with Crippen LogP contribution in [0.5, 0.6) is 17.4 Å². The van der Waals surface area contributed by atoms with Gasteiger partial charge in [-0.1, -0.05) is 0 Å². The molecule has 1 saturated heterocycles. The summed E-state index contributed by atoms with van der Waals surface area (Å²) in [5.74, 6) is 2.87. The van der Waals surface area contributed by atoms with Crippen LogP contribution in [0.25, 0.3) is 0 Å². The predicted molar refractivity (Wildman–Crippen MR) is 105 cm³/mol. The van der Waals surface area contributed by atoms with Crippen molar-refractivity contribution in [2.45, 2.75) is 19.4 Å². The third-order valence-electron chi connectivity index (χ3n) is 4.97. The standard InChI is InChI=1S/C20H26N4O4/c1-26-16-4-5-17(27-2)15(10-16)12-21-20(25)14-6-8-24(9-7-14)18-11-19(28-3)23-13-22-18/h4-5,10-11,13-14H,6-9,12H2,1-3H3,(H,21,25). The quantitative estimate of drug-likeness (QED) is 0.779. The Morgan fingerprint density at radius 1 is 1.11 bits per heavy atom. The summed E-state index contributed by atoms with van der Waals surface area (Å²) in [6.07, 6.45) is 3.04. The van der Waals surface area contributed by atoms with E-state index in [0.29, 0.717) is 12.4 Å². The number of anilines is 1. The molecule has 2 heterocycles. The van der Waals surface area contributed by atoms with Crippen LogP contribution < -0.4 is 24.4 Å². The van der Waals surface area contributed by atoms with E-state index < -0.39 is 0 Å². The Hall–Kier alpha value is -3.03. The molecule has 0 radical (unpaired) electrons. The number of nitrogens with zero attached hydrogens (tertiary/aromatic N) is 3. The van der Waals surface area contributed by atoms with Crippen molar-refractivity contribution >= 4 is 11.7 Å². The zero-order chi connectivity index (χ0) is 19.9. The molecule has 0 atom stereocenters. The van der Waals surface area contributed by atoms with Gasteiger partial charge in [-0.2, -0.15) is 0 Å². The van der Waals surface area contributed by atoms with Crippen molar-refractivity contribution in [2.75, 3.05) is 39.3 Å². The second kappa shape index (κ2) is 9.25. The molecule has 1 aromatic carbocycles. The second-order valence-corrected chi connectivity index (χ2v) is 6.58. The van der Waals surface area contributed by atoms with Gasteiger partial charge in [0, 0.05) is 37.2 Å². The highest BCUT2D eigenvalue weighted by Crippen LogP contribution is 2.25. The Bertz CT molecular complexity index is 807. The largest absolute Gasteiger partial charge is 0.497 e. The highest BCUT2D eigenvalue weighted by molar-refractivity contribution is 5.79. The van der Waals surface area contributed by atoms with Crippen LogP contribution in [0.3, 0.4) is 0 Å². The minimum absolute atomic E-state index is 0.0171. The van der Waals surface area contributed by atoms with Gasteiger partial charge < -0.3 is 24.4 Å². The van der Waals surface area contributed by atoms with Gasteiger partial charge in [-0.25, -0.2) is 9.97 Å². The minimum Gasteiger partial charge on any atom is -0.497 e. The molecular weight excluding hydrogens is 360 g/mol. The summed E-state index contributed by atoms with van der Waals surface area (Å²) in [6, 6.07) is 7.37. The van der Waals surface area contributed by atoms with Crippen molar-refractivity contribution in [3.8, 4) is 17.4 Å². The number of methoxy groups -OCH3 is 3. The number of benzene rings is 1.